The molecule has 0 heterocycles. The average molecular weight is 657 g/mol. The van der Waals surface area contributed by atoms with Crippen molar-refractivity contribution in [2.75, 3.05) is 13.1 Å². The summed E-state index contributed by atoms with van der Waals surface area (Å²) in [7, 11) is 0. The van der Waals surface area contributed by atoms with E-state index in [2.05, 4.69) is 21.3 Å². The predicted molar refractivity (Wildman–Crippen MR) is 172 cm³/mol. The Kier molecular flexibility index (Phi) is 16.8. The molecule has 0 saturated heterocycles. The van der Waals surface area contributed by atoms with Crippen molar-refractivity contribution in [1.82, 2.24) is 21.3 Å². The van der Waals surface area contributed by atoms with Crippen molar-refractivity contribution >= 4 is 35.9 Å². The maximum absolute atomic E-state index is 12.9. The minimum Gasteiger partial charge on any atom is -0.481 e. The van der Waals surface area contributed by atoms with Gasteiger partial charge in [0.25, 0.3) is 0 Å². The topological polar surface area (TPSA) is 198 Å². The maximum atomic E-state index is 12.9. The number of alkyl carbamates (subject to hydrolysis) is 2. The Morgan fingerprint density at radius 1 is 0.630 bits per heavy atom. The molecule has 0 spiro atoms. The summed E-state index contributed by atoms with van der Waals surface area (Å²) in [6.07, 6.45) is 2.15. The van der Waals surface area contributed by atoms with E-state index in [1.165, 1.54) is 0 Å². The summed E-state index contributed by atoms with van der Waals surface area (Å²) in [6, 6.07) is -2.53. The van der Waals surface area contributed by atoms with Gasteiger partial charge in [-0.1, -0.05) is 32.9 Å². The van der Waals surface area contributed by atoms with Crippen LogP contribution in [0.4, 0.5) is 9.59 Å². The lowest BCUT2D eigenvalue weighted by molar-refractivity contribution is -0.156. The van der Waals surface area contributed by atoms with Crippen LogP contribution < -0.4 is 21.3 Å². The highest BCUT2D eigenvalue weighted by molar-refractivity contribution is 5.90. The molecule has 14 nitrogen and oxygen atoms in total. The molecule has 0 aromatic heterocycles. The molecule has 5 N–H and O–H groups in total. The zero-order chi connectivity index (χ0) is 35.9. The number of amides is 4. The van der Waals surface area contributed by atoms with Crippen LogP contribution in [0.5, 0.6) is 0 Å². The van der Waals surface area contributed by atoms with Crippen LogP contribution >= 0.6 is 0 Å². The van der Waals surface area contributed by atoms with Gasteiger partial charge in [-0.15, -0.1) is 0 Å². The number of rotatable bonds is 16. The van der Waals surface area contributed by atoms with Crippen LogP contribution in [-0.2, 0) is 33.4 Å². The molecule has 0 aromatic carbocycles. The molecular weight excluding hydrogens is 600 g/mol. The molecule has 46 heavy (non-hydrogen) atoms. The van der Waals surface area contributed by atoms with E-state index in [4.69, 9.17) is 19.3 Å². The van der Waals surface area contributed by atoms with Crippen LogP contribution in [0.2, 0.25) is 0 Å². The third-order valence-electron chi connectivity index (χ3n) is 5.50. The van der Waals surface area contributed by atoms with Crippen LogP contribution in [0.1, 0.15) is 108 Å². The number of hydrogen-bond acceptors (Lipinski definition) is 9. The summed E-state index contributed by atoms with van der Waals surface area (Å²) in [6.45, 7) is 20.0. The fourth-order valence-electron chi connectivity index (χ4n) is 4.37. The third-order valence-corrected chi connectivity index (χ3v) is 5.50. The van der Waals surface area contributed by atoms with Gasteiger partial charge in [-0.05, 0) is 80.1 Å². The highest BCUT2D eigenvalue weighted by Gasteiger charge is 2.32. The van der Waals surface area contributed by atoms with E-state index >= 15 is 0 Å². The second-order valence-electron chi connectivity index (χ2n) is 14.8. The van der Waals surface area contributed by atoms with Crippen molar-refractivity contribution in [3.8, 4) is 0 Å². The van der Waals surface area contributed by atoms with Crippen LogP contribution in [0.25, 0.3) is 0 Å². The van der Waals surface area contributed by atoms with Gasteiger partial charge in [0.1, 0.15) is 28.9 Å². The molecule has 0 aliphatic heterocycles. The maximum Gasteiger partial charge on any atom is 0.408 e. The highest BCUT2D eigenvalue weighted by Crippen LogP contribution is 2.29. The molecular formula is C32H56N4O10. The lowest BCUT2D eigenvalue weighted by Crippen LogP contribution is -2.50. The van der Waals surface area contributed by atoms with Gasteiger partial charge >= 0.3 is 24.1 Å². The Balaban J connectivity index is 4.98. The molecule has 4 amide bonds. The normalized spacial score (nSPS) is 13.6. The number of esters is 1. The minimum absolute atomic E-state index is 0.113. The van der Waals surface area contributed by atoms with E-state index in [0.29, 0.717) is 19.3 Å². The van der Waals surface area contributed by atoms with Crippen molar-refractivity contribution in [3.05, 3.63) is 12.2 Å². The van der Waals surface area contributed by atoms with E-state index in [9.17, 15) is 28.8 Å². The molecule has 0 fully saturated rings. The quantitative estimate of drug-likeness (QED) is 0.0701. The van der Waals surface area contributed by atoms with E-state index in [1.807, 2.05) is 20.8 Å². The SMILES string of the molecule is CC(C)(C)CC(C)(C)OC(=O)N[C@@H](CC(=O)OC(C)(C)C)C(=O)NCCC=CCCNC(=O)[C@H](CC(=O)O)NC(=O)OC(C)(C)C. The smallest absolute Gasteiger partial charge is 0.408 e. The van der Waals surface area contributed by atoms with Gasteiger partial charge in [0, 0.05) is 13.1 Å². The van der Waals surface area contributed by atoms with Gasteiger partial charge < -0.3 is 40.6 Å². The van der Waals surface area contributed by atoms with E-state index in [-0.39, 0.29) is 24.9 Å². The molecule has 0 saturated carbocycles. The lowest BCUT2D eigenvalue weighted by Gasteiger charge is -2.32. The van der Waals surface area contributed by atoms with Crippen LogP contribution in [-0.4, -0.2) is 83.0 Å². The molecule has 0 bridgehead atoms. The first kappa shape index (κ1) is 42.2. The van der Waals surface area contributed by atoms with Gasteiger partial charge in [-0.3, -0.25) is 19.2 Å². The first-order valence-corrected chi connectivity index (χ1v) is 15.4. The Morgan fingerprint density at radius 2 is 1.04 bits per heavy atom. The van der Waals surface area contributed by atoms with Crippen LogP contribution in [0.15, 0.2) is 12.2 Å². The molecule has 0 radical (unpaired) electrons. The fourth-order valence-corrected chi connectivity index (χ4v) is 4.37. The molecule has 0 unspecified atom stereocenters. The third kappa shape index (κ3) is 22.6. The first-order valence-electron chi connectivity index (χ1n) is 15.4. The van der Waals surface area contributed by atoms with Gasteiger partial charge in [0.2, 0.25) is 11.8 Å². The summed E-state index contributed by atoms with van der Waals surface area (Å²) in [5.74, 6) is -3.17. The number of ether oxygens (including phenoxy) is 3. The van der Waals surface area contributed by atoms with Gasteiger partial charge in [0.15, 0.2) is 0 Å². The van der Waals surface area contributed by atoms with E-state index < -0.39 is 71.2 Å². The van der Waals surface area contributed by atoms with Crippen molar-refractivity contribution in [2.45, 2.75) is 137 Å². The van der Waals surface area contributed by atoms with E-state index in [1.54, 1.807) is 67.5 Å². The molecule has 0 aliphatic rings. The largest absolute Gasteiger partial charge is 0.481 e. The average Bonchev–Trinajstić information content (AvgIpc) is 2.79. The second-order valence-corrected chi connectivity index (χ2v) is 14.8. The summed E-state index contributed by atoms with van der Waals surface area (Å²) in [5.41, 5.74) is -2.52. The summed E-state index contributed by atoms with van der Waals surface area (Å²) >= 11 is 0. The van der Waals surface area contributed by atoms with Crippen molar-refractivity contribution in [2.24, 2.45) is 5.41 Å². The van der Waals surface area contributed by atoms with Crippen molar-refractivity contribution in [3.63, 3.8) is 0 Å². The summed E-state index contributed by atoms with van der Waals surface area (Å²) in [5, 5.41) is 19.1. The number of carbonyl (C=O) groups is 6. The fraction of sp³-hybridized carbons (Fsp3) is 0.750. The van der Waals surface area contributed by atoms with E-state index in [0.717, 1.165) is 0 Å². The Hall–Kier alpha value is -3.84. The molecule has 14 heteroatoms. The highest BCUT2D eigenvalue weighted by atomic mass is 16.6. The number of nitrogens with one attached hydrogen (secondary N) is 4. The Labute approximate surface area is 273 Å². The Morgan fingerprint density at radius 3 is 1.43 bits per heavy atom. The first-order chi connectivity index (χ1) is 20.8. The van der Waals surface area contributed by atoms with Gasteiger partial charge in [-0.2, -0.15) is 0 Å². The number of carboxylic acids is 1. The number of hydrogen-bond donors (Lipinski definition) is 5. The van der Waals surface area contributed by atoms with Gasteiger partial charge in [-0.25, -0.2) is 9.59 Å². The molecule has 0 aromatic rings. The molecule has 2 atom stereocenters. The molecule has 264 valence electrons. The number of carbonyl (C=O) groups excluding carboxylic acids is 5. The zero-order valence-electron chi connectivity index (χ0n) is 29.4. The second kappa shape index (κ2) is 18.3. The Bertz CT molecular complexity index is 1080. The van der Waals surface area contributed by atoms with Gasteiger partial charge in [0.05, 0.1) is 12.8 Å². The molecule has 0 aliphatic carbocycles. The predicted octanol–water partition coefficient (Wildman–Crippen LogP) is 3.96. The monoisotopic (exact) mass is 656 g/mol. The zero-order valence-corrected chi connectivity index (χ0v) is 29.4. The van der Waals surface area contributed by atoms with Crippen molar-refractivity contribution in [1.29, 1.82) is 0 Å². The lowest BCUT2D eigenvalue weighted by atomic mass is 9.84. The molecule has 0 rings (SSSR count). The number of aliphatic carboxylic acids is 1. The standard InChI is InChI=1S/C32H56N4O10/c1-29(2,3)20-32(10,11)46-28(43)36-22(19-24(39)44-30(4,5)6)26(41)34-17-15-13-12-14-16-33-25(40)21(18-23(37)38)35-27(42)45-31(7,8)9/h12-13,21-22H,14-20H2,1-11H3,(H,33,40)(H,34,41)(H,35,42)(H,36,43)(H,37,38)/t21-,22-/m0/s1. The summed E-state index contributed by atoms with van der Waals surface area (Å²) < 4.78 is 16.0. The van der Waals surface area contributed by atoms with Crippen LogP contribution in [0, 0.1) is 5.41 Å². The summed E-state index contributed by atoms with van der Waals surface area (Å²) in [4.78, 5) is 73.7. The van der Waals surface area contributed by atoms with Crippen molar-refractivity contribution < 1.29 is 48.1 Å². The number of carboxylic acid groups (broad SMARTS) is 1. The minimum atomic E-state index is -1.31. The van der Waals surface area contributed by atoms with Crippen LogP contribution in [0.3, 0.4) is 0 Å².